The monoisotopic (exact) mass is 291 g/mol. The Bertz CT molecular complexity index is 443. The van der Waals surface area contributed by atoms with Crippen molar-refractivity contribution in [3.05, 3.63) is 28.2 Å². The predicted molar refractivity (Wildman–Crippen MR) is 66.6 cm³/mol. The summed E-state index contributed by atoms with van der Waals surface area (Å²) in [6.45, 7) is 3.76. The molecule has 84 valence electrons. The Kier molecular flexibility index (Phi) is 4.16. The van der Waals surface area contributed by atoms with Crippen molar-refractivity contribution in [2.24, 2.45) is 0 Å². The molecule has 0 bridgehead atoms. The molecule has 0 aliphatic heterocycles. The maximum absolute atomic E-state index is 11.5. The van der Waals surface area contributed by atoms with Gasteiger partial charge in [0.1, 0.15) is 0 Å². The minimum atomic E-state index is -3.18. The lowest BCUT2D eigenvalue weighted by Gasteiger charge is -2.08. The van der Waals surface area contributed by atoms with E-state index in [1.165, 1.54) is 0 Å². The molecule has 1 aromatic rings. The highest BCUT2D eigenvalue weighted by Gasteiger charge is 2.08. The molecule has 0 heterocycles. The molecule has 1 aromatic carbocycles. The fourth-order valence-electron chi connectivity index (χ4n) is 1.21. The van der Waals surface area contributed by atoms with Gasteiger partial charge in [0, 0.05) is 10.2 Å². The van der Waals surface area contributed by atoms with E-state index >= 15 is 0 Å². The molecule has 0 saturated carbocycles. The third-order valence-electron chi connectivity index (χ3n) is 1.90. The number of anilines is 1. The van der Waals surface area contributed by atoms with E-state index in [4.69, 9.17) is 0 Å². The summed E-state index contributed by atoms with van der Waals surface area (Å²) in [6.07, 6.45) is 0.616. The van der Waals surface area contributed by atoms with Crippen molar-refractivity contribution in [3.63, 3.8) is 0 Å². The van der Waals surface area contributed by atoms with E-state index in [9.17, 15) is 8.42 Å². The van der Waals surface area contributed by atoms with E-state index in [1.54, 1.807) is 12.1 Å². The first-order valence-corrected chi connectivity index (χ1v) is 7.16. The Morgan fingerprint density at radius 3 is 2.60 bits per heavy atom. The third-order valence-corrected chi connectivity index (χ3v) is 4.29. The van der Waals surface area contributed by atoms with Crippen LogP contribution < -0.4 is 4.72 Å². The summed E-state index contributed by atoms with van der Waals surface area (Å²) in [5, 5.41) is 0. The van der Waals surface area contributed by atoms with E-state index in [1.807, 2.05) is 19.9 Å². The Morgan fingerprint density at radius 1 is 1.40 bits per heavy atom. The van der Waals surface area contributed by atoms with Crippen LogP contribution in [0.3, 0.4) is 0 Å². The van der Waals surface area contributed by atoms with E-state index in [-0.39, 0.29) is 5.75 Å². The first-order valence-electron chi connectivity index (χ1n) is 4.71. The number of benzene rings is 1. The molecule has 1 N–H and O–H groups in total. The summed E-state index contributed by atoms with van der Waals surface area (Å²) in [7, 11) is -3.18. The number of aryl methyl sites for hydroxylation is 1. The lowest BCUT2D eigenvalue weighted by molar-refractivity contribution is 0.600. The number of nitrogens with one attached hydrogen (secondary N) is 1. The van der Waals surface area contributed by atoms with Crippen LogP contribution in [0, 0.1) is 6.92 Å². The standard InChI is InChI=1S/C10H14BrNO2S/c1-3-6-15(13,14)12-9-4-5-10(11)8(2)7-9/h4-5,7,12H,3,6H2,1-2H3. The van der Waals surface area contributed by atoms with Gasteiger partial charge in [0.15, 0.2) is 0 Å². The Morgan fingerprint density at radius 2 is 2.07 bits per heavy atom. The van der Waals surface area contributed by atoms with Gasteiger partial charge in [-0.1, -0.05) is 22.9 Å². The first-order chi connectivity index (χ1) is 6.94. The number of rotatable bonds is 4. The molecule has 5 heteroatoms. The van der Waals surface area contributed by atoms with Gasteiger partial charge in [-0.2, -0.15) is 0 Å². The zero-order valence-corrected chi connectivity index (χ0v) is 11.2. The minimum Gasteiger partial charge on any atom is -0.284 e. The van der Waals surface area contributed by atoms with Gasteiger partial charge in [-0.05, 0) is 37.1 Å². The average molecular weight is 292 g/mol. The van der Waals surface area contributed by atoms with Crippen LogP contribution in [0.4, 0.5) is 5.69 Å². The van der Waals surface area contributed by atoms with Crippen LogP contribution in [0.2, 0.25) is 0 Å². The lowest BCUT2D eigenvalue weighted by atomic mass is 10.2. The molecule has 0 unspecified atom stereocenters. The zero-order valence-electron chi connectivity index (χ0n) is 8.75. The van der Waals surface area contributed by atoms with Gasteiger partial charge in [0.2, 0.25) is 10.0 Å². The van der Waals surface area contributed by atoms with Crippen molar-refractivity contribution in [3.8, 4) is 0 Å². The van der Waals surface area contributed by atoms with Crippen LogP contribution in [0.15, 0.2) is 22.7 Å². The second kappa shape index (κ2) is 4.99. The zero-order chi connectivity index (χ0) is 11.5. The molecule has 0 fully saturated rings. The highest BCUT2D eigenvalue weighted by atomic mass is 79.9. The summed E-state index contributed by atoms with van der Waals surface area (Å²) < 4.78 is 26.5. The van der Waals surface area contributed by atoms with Crippen molar-refractivity contribution < 1.29 is 8.42 Å². The second-order valence-corrected chi connectivity index (χ2v) is 6.08. The fourth-order valence-corrected chi connectivity index (χ4v) is 2.58. The second-order valence-electron chi connectivity index (χ2n) is 3.38. The Balaban J connectivity index is 2.86. The molecular weight excluding hydrogens is 278 g/mol. The quantitative estimate of drug-likeness (QED) is 0.927. The van der Waals surface area contributed by atoms with Crippen molar-refractivity contribution in [1.29, 1.82) is 0 Å². The topological polar surface area (TPSA) is 46.2 Å². The summed E-state index contributed by atoms with van der Waals surface area (Å²) in [5.74, 6) is 0.155. The molecular formula is C10H14BrNO2S. The number of halogens is 1. The van der Waals surface area contributed by atoms with Crippen LogP contribution in [0.5, 0.6) is 0 Å². The Hall–Kier alpha value is -0.550. The molecule has 0 amide bonds. The summed E-state index contributed by atoms with van der Waals surface area (Å²) >= 11 is 3.36. The van der Waals surface area contributed by atoms with Gasteiger partial charge in [0.05, 0.1) is 5.75 Å². The normalized spacial score (nSPS) is 11.4. The molecule has 0 saturated heterocycles. The highest BCUT2D eigenvalue weighted by molar-refractivity contribution is 9.10. The smallest absolute Gasteiger partial charge is 0.232 e. The van der Waals surface area contributed by atoms with Gasteiger partial charge in [0.25, 0.3) is 0 Å². The molecule has 0 aliphatic rings. The Labute approximate surface area is 99.1 Å². The van der Waals surface area contributed by atoms with E-state index in [0.717, 1.165) is 10.0 Å². The third kappa shape index (κ3) is 3.83. The fraction of sp³-hybridized carbons (Fsp3) is 0.400. The van der Waals surface area contributed by atoms with Gasteiger partial charge < -0.3 is 0 Å². The van der Waals surface area contributed by atoms with Gasteiger partial charge in [-0.25, -0.2) is 8.42 Å². The SMILES string of the molecule is CCCS(=O)(=O)Nc1ccc(Br)c(C)c1. The van der Waals surface area contributed by atoms with E-state index in [0.29, 0.717) is 12.1 Å². The molecule has 15 heavy (non-hydrogen) atoms. The summed E-state index contributed by atoms with van der Waals surface area (Å²) in [4.78, 5) is 0. The largest absolute Gasteiger partial charge is 0.284 e. The van der Waals surface area contributed by atoms with Gasteiger partial charge in [-0.15, -0.1) is 0 Å². The predicted octanol–water partition coefficient (Wildman–Crippen LogP) is 2.91. The molecule has 0 spiro atoms. The van der Waals surface area contributed by atoms with Crippen LogP contribution in [0.25, 0.3) is 0 Å². The molecule has 0 radical (unpaired) electrons. The van der Waals surface area contributed by atoms with Crippen LogP contribution in [0.1, 0.15) is 18.9 Å². The van der Waals surface area contributed by atoms with E-state index < -0.39 is 10.0 Å². The lowest BCUT2D eigenvalue weighted by Crippen LogP contribution is -2.16. The molecule has 1 rings (SSSR count). The number of hydrogen-bond acceptors (Lipinski definition) is 2. The minimum absolute atomic E-state index is 0.155. The summed E-state index contributed by atoms with van der Waals surface area (Å²) in [6, 6.07) is 5.38. The van der Waals surface area contributed by atoms with Crippen molar-refractivity contribution in [2.75, 3.05) is 10.5 Å². The van der Waals surface area contributed by atoms with Crippen LogP contribution in [-0.4, -0.2) is 14.2 Å². The number of sulfonamides is 1. The van der Waals surface area contributed by atoms with Gasteiger partial charge >= 0.3 is 0 Å². The van der Waals surface area contributed by atoms with Crippen molar-refractivity contribution in [2.45, 2.75) is 20.3 Å². The molecule has 0 aromatic heterocycles. The van der Waals surface area contributed by atoms with E-state index in [2.05, 4.69) is 20.7 Å². The molecule has 3 nitrogen and oxygen atoms in total. The first kappa shape index (κ1) is 12.5. The van der Waals surface area contributed by atoms with Crippen LogP contribution >= 0.6 is 15.9 Å². The van der Waals surface area contributed by atoms with Crippen molar-refractivity contribution >= 4 is 31.6 Å². The van der Waals surface area contributed by atoms with Crippen LogP contribution in [-0.2, 0) is 10.0 Å². The summed E-state index contributed by atoms with van der Waals surface area (Å²) in [5.41, 5.74) is 1.62. The average Bonchev–Trinajstić information content (AvgIpc) is 2.10. The van der Waals surface area contributed by atoms with Gasteiger partial charge in [-0.3, -0.25) is 4.72 Å². The molecule has 0 aliphatic carbocycles. The van der Waals surface area contributed by atoms with Crippen molar-refractivity contribution in [1.82, 2.24) is 0 Å². The maximum atomic E-state index is 11.5. The highest BCUT2D eigenvalue weighted by Crippen LogP contribution is 2.20. The molecule has 0 atom stereocenters. The number of hydrogen-bond donors (Lipinski definition) is 1. The maximum Gasteiger partial charge on any atom is 0.232 e.